The number of rotatable bonds is 7. The molecule has 1 amide bonds. The molecular formula is C16H16FN3O5S. The molecular weight excluding hydrogens is 365 g/mol. The molecule has 138 valence electrons. The van der Waals surface area contributed by atoms with Crippen molar-refractivity contribution < 1.29 is 22.5 Å². The molecule has 0 bridgehead atoms. The van der Waals surface area contributed by atoms with Crippen LogP contribution in [0.3, 0.4) is 0 Å². The highest BCUT2D eigenvalue weighted by Crippen LogP contribution is 2.21. The van der Waals surface area contributed by atoms with Crippen LogP contribution >= 0.6 is 0 Å². The molecule has 0 heterocycles. The number of halogens is 1. The molecule has 2 aromatic carbocycles. The van der Waals surface area contributed by atoms with E-state index >= 15 is 0 Å². The molecule has 0 atom stereocenters. The van der Waals surface area contributed by atoms with Crippen molar-refractivity contribution in [1.82, 2.24) is 10.3 Å². The van der Waals surface area contributed by atoms with E-state index in [0.717, 1.165) is 6.07 Å². The number of hydrogen-bond acceptors (Lipinski definition) is 5. The molecule has 2 N–H and O–H groups in total. The van der Waals surface area contributed by atoms with E-state index in [1.165, 1.54) is 37.3 Å². The Hall–Kier alpha value is -2.85. The van der Waals surface area contributed by atoms with Gasteiger partial charge in [0.2, 0.25) is 5.91 Å². The number of carbonyl (C=O) groups is 1. The number of nitro groups is 1. The van der Waals surface area contributed by atoms with Crippen LogP contribution in [0.5, 0.6) is 0 Å². The SMILES string of the molecule is Cc1ccc(S(=O)(=O)NNC(=O)CCc2ccccc2F)cc1[N+](=O)[O-]. The minimum atomic E-state index is -4.18. The average Bonchev–Trinajstić information content (AvgIpc) is 2.59. The summed E-state index contributed by atoms with van der Waals surface area (Å²) < 4.78 is 37.8. The average molecular weight is 381 g/mol. The van der Waals surface area contributed by atoms with Crippen LogP contribution < -0.4 is 10.3 Å². The zero-order valence-corrected chi connectivity index (χ0v) is 14.5. The summed E-state index contributed by atoms with van der Waals surface area (Å²) in [5.41, 5.74) is 2.30. The van der Waals surface area contributed by atoms with E-state index < -0.39 is 26.7 Å². The highest BCUT2D eigenvalue weighted by Gasteiger charge is 2.20. The summed E-state index contributed by atoms with van der Waals surface area (Å²) >= 11 is 0. The Morgan fingerprint density at radius 1 is 1.23 bits per heavy atom. The highest BCUT2D eigenvalue weighted by molar-refractivity contribution is 7.89. The topological polar surface area (TPSA) is 118 Å². The number of sulfonamides is 1. The van der Waals surface area contributed by atoms with E-state index in [-0.39, 0.29) is 23.4 Å². The maximum atomic E-state index is 13.5. The first kappa shape index (κ1) is 19.5. The molecule has 0 aliphatic heterocycles. The summed E-state index contributed by atoms with van der Waals surface area (Å²) in [6.07, 6.45) is -0.0479. The third kappa shape index (κ3) is 4.83. The van der Waals surface area contributed by atoms with Crippen molar-refractivity contribution in [3.63, 3.8) is 0 Å². The lowest BCUT2D eigenvalue weighted by Gasteiger charge is -2.09. The molecule has 0 aromatic heterocycles. The van der Waals surface area contributed by atoms with Gasteiger partial charge in [-0.3, -0.25) is 20.3 Å². The van der Waals surface area contributed by atoms with Crippen molar-refractivity contribution in [3.05, 3.63) is 69.5 Å². The fourth-order valence-electron chi connectivity index (χ4n) is 2.15. The van der Waals surface area contributed by atoms with Crippen molar-refractivity contribution in [3.8, 4) is 0 Å². The zero-order valence-electron chi connectivity index (χ0n) is 13.7. The Morgan fingerprint density at radius 3 is 2.58 bits per heavy atom. The van der Waals surface area contributed by atoms with Crippen molar-refractivity contribution in [2.75, 3.05) is 0 Å². The lowest BCUT2D eigenvalue weighted by atomic mass is 10.1. The smallest absolute Gasteiger partial charge is 0.273 e. The molecule has 0 aliphatic carbocycles. The van der Waals surface area contributed by atoms with E-state index in [4.69, 9.17) is 0 Å². The number of amides is 1. The third-order valence-electron chi connectivity index (χ3n) is 3.59. The number of nitrogens with zero attached hydrogens (tertiary/aromatic N) is 1. The van der Waals surface area contributed by atoms with Crippen molar-refractivity contribution in [2.24, 2.45) is 0 Å². The molecule has 10 heteroatoms. The van der Waals surface area contributed by atoms with Gasteiger partial charge in [0.05, 0.1) is 9.82 Å². The Kier molecular flexibility index (Phi) is 6.01. The molecule has 0 saturated carbocycles. The predicted octanol–water partition coefficient (Wildman–Crippen LogP) is 1.98. The standard InChI is InChI=1S/C16H16FN3O5S/c1-11-6-8-13(10-15(11)20(22)23)26(24,25)19-18-16(21)9-7-12-4-2-3-5-14(12)17/h2-6,8,10,19H,7,9H2,1H3,(H,18,21). The van der Waals surface area contributed by atoms with E-state index in [9.17, 15) is 27.7 Å². The summed E-state index contributed by atoms with van der Waals surface area (Å²) in [6, 6.07) is 9.33. The van der Waals surface area contributed by atoms with Gasteiger partial charge in [-0.05, 0) is 31.0 Å². The van der Waals surface area contributed by atoms with Gasteiger partial charge in [-0.15, -0.1) is 4.83 Å². The van der Waals surface area contributed by atoms with E-state index in [2.05, 4.69) is 0 Å². The molecule has 0 fully saturated rings. The number of aryl methyl sites for hydroxylation is 2. The van der Waals surface area contributed by atoms with E-state index in [0.29, 0.717) is 11.1 Å². The second-order valence-electron chi connectivity index (χ2n) is 5.45. The van der Waals surface area contributed by atoms with Crippen LogP contribution in [0.15, 0.2) is 47.4 Å². The van der Waals surface area contributed by atoms with Gasteiger partial charge in [0.25, 0.3) is 15.7 Å². The minimum Gasteiger partial charge on any atom is -0.278 e. The first-order chi connectivity index (χ1) is 12.2. The van der Waals surface area contributed by atoms with Gasteiger partial charge in [0.15, 0.2) is 0 Å². The van der Waals surface area contributed by atoms with Crippen LogP contribution in [0.1, 0.15) is 17.5 Å². The number of hydrogen-bond donors (Lipinski definition) is 2. The van der Waals surface area contributed by atoms with Gasteiger partial charge < -0.3 is 0 Å². The van der Waals surface area contributed by atoms with Crippen LogP contribution in [0, 0.1) is 22.9 Å². The largest absolute Gasteiger partial charge is 0.278 e. The summed E-state index contributed by atoms with van der Waals surface area (Å²) in [6.45, 7) is 1.48. The van der Waals surface area contributed by atoms with Crippen LogP contribution in [-0.4, -0.2) is 19.2 Å². The monoisotopic (exact) mass is 381 g/mol. The zero-order chi connectivity index (χ0) is 19.3. The van der Waals surface area contributed by atoms with Crippen LogP contribution in [-0.2, 0) is 21.2 Å². The maximum Gasteiger partial charge on any atom is 0.273 e. The lowest BCUT2D eigenvalue weighted by Crippen LogP contribution is -2.41. The molecule has 0 unspecified atom stereocenters. The molecule has 0 radical (unpaired) electrons. The lowest BCUT2D eigenvalue weighted by molar-refractivity contribution is -0.385. The summed E-state index contributed by atoms with van der Waals surface area (Å²) in [5, 5.41) is 10.9. The number of nitrogens with one attached hydrogen (secondary N) is 2. The van der Waals surface area contributed by atoms with Crippen molar-refractivity contribution in [1.29, 1.82) is 0 Å². The Labute approximate surface area is 149 Å². The molecule has 0 spiro atoms. The van der Waals surface area contributed by atoms with Gasteiger partial charge in [0, 0.05) is 18.1 Å². The fraction of sp³-hybridized carbons (Fsp3) is 0.188. The Bertz CT molecular complexity index is 947. The minimum absolute atomic E-state index is 0.0935. The Morgan fingerprint density at radius 2 is 1.92 bits per heavy atom. The van der Waals surface area contributed by atoms with Crippen LogP contribution in [0.4, 0.5) is 10.1 Å². The van der Waals surface area contributed by atoms with Gasteiger partial charge in [-0.25, -0.2) is 12.8 Å². The van der Waals surface area contributed by atoms with Crippen LogP contribution in [0.25, 0.3) is 0 Å². The summed E-state index contributed by atoms with van der Waals surface area (Å²) in [5.74, 6) is -1.12. The second-order valence-corrected chi connectivity index (χ2v) is 7.13. The number of carbonyl (C=O) groups excluding carboxylic acids is 1. The number of hydrazine groups is 1. The number of nitro benzene ring substituents is 1. The first-order valence-electron chi connectivity index (χ1n) is 7.50. The quantitative estimate of drug-likeness (QED) is 0.562. The second kappa shape index (κ2) is 8.02. The molecule has 0 saturated heterocycles. The molecule has 2 rings (SSSR count). The van der Waals surface area contributed by atoms with Crippen LogP contribution in [0.2, 0.25) is 0 Å². The van der Waals surface area contributed by atoms with Gasteiger partial charge in [-0.2, -0.15) is 0 Å². The number of benzene rings is 2. The van der Waals surface area contributed by atoms with Gasteiger partial charge >= 0.3 is 0 Å². The highest BCUT2D eigenvalue weighted by atomic mass is 32.2. The normalized spacial score (nSPS) is 11.2. The van der Waals surface area contributed by atoms with Gasteiger partial charge in [0.1, 0.15) is 5.82 Å². The van der Waals surface area contributed by atoms with Gasteiger partial charge in [-0.1, -0.05) is 24.3 Å². The Balaban J connectivity index is 1.99. The summed E-state index contributed by atoms with van der Waals surface area (Å²) in [4.78, 5) is 23.5. The summed E-state index contributed by atoms with van der Waals surface area (Å²) in [7, 11) is -4.18. The predicted molar refractivity (Wildman–Crippen MR) is 91.0 cm³/mol. The molecule has 8 nitrogen and oxygen atoms in total. The van der Waals surface area contributed by atoms with Crippen molar-refractivity contribution >= 4 is 21.6 Å². The molecule has 0 aliphatic rings. The molecule has 26 heavy (non-hydrogen) atoms. The van der Waals surface area contributed by atoms with Crippen molar-refractivity contribution in [2.45, 2.75) is 24.7 Å². The van der Waals surface area contributed by atoms with E-state index in [1.807, 2.05) is 10.3 Å². The first-order valence-corrected chi connectivity index (χ1v) is 8.98. The fourth-order valence-corrected chi connectivity index (χ4v) is 3.03. The maximum absolute atomic E-state index is 13.5. The molecule has 2 aromatic rings. The third-order valence-corrected chi connectivity index (χ3v) is 4.84. The van der Waals surface area contributed by atoms with E-state index in [1.54, 1.807) is 6.07 Å².